The van der Waals surface area contributed by atoms with E-state index in [1.807, 2.05) is 30.3 Å². The van der Waals surface area contributed by atoms with E-state index in [2.05, 4.69) is 44.4 Å². The van der Waals surface area contributed by atoms with Crippen LogP contribution in [0.4, 0.5) is 20.5 Å². The number of nitrogens with zero attached hydrogens (tertiary/aromatic N) is 6. The molecule has 268 valence electrons. The SMILES string of the molecule is COc1ccc(CN(Cc2ccc(OC)cc2)C2CCC(CNc3nc(N4CCOCC4)cc(-n4c(C(F)F)nc5ccccc54)n3)CC2)cc1. The number of para-hydroxylation sites is 2. The lowest BCUT2D eigenvalue weighted by Gasteiger charge is -2.37. The van der Waals surface area contributed by atoms with Crippen molar-refractivity contribution in [2.75, 3.05) is 57.3 Å². The second-order valence-electron chi connectivity index (χ2n) is 13.3. The summed E-state index contributed by atoms with van der Waals surface area (Å²) in [7, 11) is 3.38. The maximum absolute atomic E-state index is 14.3. The number of methoxy groups -OCH3 is 2. The number of benzene rings is 3. The third kappa shape index (κ3) is 8.23. The lowest BCUT2D eigenvalue weighted by Crippen LogP contribution is -2.38. The van der Waals surface area contributed by atoms with Crippen molar-refractivity contribution < 1.29 is 23.0 Å². The van der Waals surface area contributed by atoms with Gasteiger partial charge in [-0.2, -0.15) is 9.97 Å². The third-order valence-corrected chi connectivity index (χ3v) is 10.0. The number of alkyl halides is 2. The van der Waals surface area contributed by atoms with Gasteiger partial charge in [-0.3, -0.25) is 9.47 Å². The molecule has 1 aliphatic carbocycles. The molecule has 3 heterocycles. The van der Waals surface area contributed by atoms with Crippen LogP contribution < -0.4 is 19.7 Å². The summed E-state index contributed by atoms with van der Waals surface area (Å²) in [6, 6.07) is 26.0. The Morgan fingerprint density at radius 2 is 1.41 bits per heavy atom. The van der Waals surface area contributed by atoms with Crippen LogP contribution in [0.2, 0.25) is 0 Å². The molecule has 1 N–H and O–H groups in total. The van der Waals surface area contributed by atoms with Crippen LogP contribution in [0.1, 0.15) is 49.1 Å². The van der Waals surface area contributed by atoms with Crippen LogP contribution in [0.5, 0.6) is 11.5 Å². The maximum Gasteiger partial charge on any atom is 0.296 e. The van der Waals surface area contributed by atoms with Gasteiger partial charge >= 0.3 is 0 Å². The fourth-order valence-electron chi connectivity index (χ4n) is 7.20. The summed E-state index contributed by atoms with van der Waals surface area (Å²) in [5.41, 5.74) is 3.58. The lowest BCUT2D eigenvalue weighted by molar-refractivity contribution is 0.122. The van der Waals surface area contributed by atoms with E-state index in [1.54, 1.807) is 38.5 Å². The van der Waals surface area contributed by atoms with Crippen LogP contribution in [0, 0.1) is 5.92 Å². The van der Waals surface area contributed by atoms with Crippen LogP contribution in [-0.2, 0) is 17.8 Å². The number of hydrogen-bond acceptors (Lipinski definition) is 9. The first-order valence-electron chi connectivity index (χ1n) is 17.7. The fraction of sp³-hybridized carbons (Fsp3) is 0.410. The molecule has 12 heteroatoms. The molecule has 5 aromatic rings. The van der Waals surface area contributed by atoms with Crippen molar-refractivity contribution in [3.05, 3.63) is 95.8 Å². The van der Waals surface area contributed by atoms with E-state index in [0.29, 0.717) is 73.4 Å². The lowest BCUT2D eigenvalue weighted by atomic mass is 9.85. The molecule has 3 aromatic carbocycles. The molecule has 1 saturated heterocycles. The quantitative estimate of drug-likeness (QED) is 0.136. The predicted octanol–water partition coefficient (Wildman–Crippen LogP) is 7.28. The Kier molecular flexibility index (Phi) is 10.9. The molecule has 0 atom stereocenters. The minimum absolute atomic E-state index is 0.332. The summed E-state index contributed by atoms with van der Waals surface area (Å²) in [6.45, 7) is 4.87. The molecule has 10 nitrogen and oxygen atoms in total. The van der Waals surface area contributed by atoms with Gasteiger partial charge in [-0.25, -0.2) is 13.8 Å². The second-order valence-corrected chi connectivity index (χ2v) is 13.3. The molecular formula is C39H45F2N7O3. The first kappa shape index (κ1) is 34.6. The van der Waals surface area contributed by atoms with Gasteiger partial charge < -0.3 is 24.4 Å². The van der Waals surface area contributed by atoms with Crippen molar-refractivity contribution in [1.29, 1.82) is 0 Å². The van der Waals surface area contributed by atoms with Crippen molar-refractivity contribution >= 4 is 22.8 Å². The van der Waals surface area contributed by atoms with Crippen molar-refractivity contribution in [1.82, 2.24) is 24.4 Å². The molecular weight excluding hydrogens is 652 g/mol. The molecule has 7 rings (SSSR count). The third-order valence-electron chi connectivity index (χ3n) is 10.0. The Balaban J connectivity index is 1.07. The molecule has 0 unspecified atom stereocenters. The Morgan fingerprint density at radius 1 is 0.804 bits per heavy atom. The van der Waals surface area contributed by atoms with E-state index in [9.17, 15) is 8.78 Å². The summed E-state index contributed by atoms with van der Waals surface area (Å²) in [4.78, 5) is 18.6. The number of aromatic nitrogens is 4. The first-order chi connectivity index (χ1) is 25.0. The maximum atomic E-state index is 14.3. The van der Waals surface area contributed by atoms with Gasteiger partial charge in [0.2, 0.25) is 5.95 Å². The van der Waals surface area contributed by atoms with E-state index in [-0.39, 0.29) is 5.82 Å². The molecule has 0 amide bonds. The molecule has 1 saturated carbocycles. The van der Waals surface area contributed by atoms with Crippen LogP contribution in [-0.4, -0.2) is 77.5 Å². The summed E-state index contributed by atoms with van der Waals surface area (Å²) < 4.78 is 46.4. The number of fused-ring (bicyclic) bond motifs is 1. The van der Waals surface area contributed by atoms with E-state index < -0.39 is 6.43 Å². The van der Waals surface area contributed by atoms with Gasteiger partial charge in [-0.05, 0) is 79.1 Å². The van der Waals surface area contributed by atoms with Crippen LogP contribution in [0.3, 0.4) is 0 Å². The molecule has 0 bridgehead atoms. The minimum Gasteiger partial charge on any atom is -0.497 e. The van der Waals surface area contributed by atoms with Crippen molar-refractivity contribution in [3.8, 4) is 17.3 Å². The number of halogens is 2. The standard InChI is InChI=1S/C39H45F2N7O3/c1-49-31-15-9-28(10-16-31)25-47(26-29-11-17-32(50-2)18-12-29)30-13-7-27(8-14-30)24-42-39-44-35(46-19-21-51-22-20-46)23-36(45-39)48-34-6-4-3-5-33(34)43-38(48)37(40)41/h3-6,9-12,15-18,23,27,30,37H,7-8,13-14,19-22,24-26H2,1-2H3,(H,42,44,45). The largest absolute Gasteiger partial charge is 0.497 e. The zero-order valence-corrected chi connectivity index (χ0v) is 29.2. The molecule has 2 aromatic heterocycles. The van der Waals surface area contributed by atoms with Crippen molar-refractivity contribution in [2.45, 2.75) is 51.2 Å². The van der Waals surface area contributed by atoms with Crippen LogP contribution >= 0.6 is 0 Å². The Labute approximate surface area is 297 Å². The molecule has 1 aliphatic heterocycles. The Hall–Kier alpha value is -4.81. The average molecular weight is 698 g/mol. The van der Waals surface area contributed by atoms with Gasteiger partial charge in [-0.15, -0.1) is 0 Å². The molecule has 51 heavy (non-hydrogen) atoms. The number of imidazole rings is 1. The summed E-state index contributed by atoms with van der Waals surface area (Å²) in [6.07, 6.45) is 1.47. The topological polar surface area (TPSA) is 89.8 Å². The molecule has 2 aliphatic rings. The smallest absolute Gasteiger partial charge is 0.296 e. The highest BCUT2D eigenvalue weighted by atomic mass is 19.3. The summed E-state index contributed by atoms with van der Waals surface area (Å²) >= 11 is 0. The van der Waals surface area contributed by atoms with Crippen LogP contribution in [0.25, 0.3) is 16.9 Å². The minimum atomic E-state index is -2.76. The summed E-state index contributed by atoms with van der Waals surface area (Å²) in [5.74, 6) is 3.28. The Morgan fingerprint density at radius 3 is 2.02 bits per heavy atom. The summed E-state index contributed by atoms with van der Waals surface area (Å²) in [5, 5.41) is 3.50. The van der Waals surface area contributed by atoms with E-state index >= 15 is 0 Å². The monoisotopic (exact) mass is 697 g/mol. The normalized spacial score (nSPS) is 18.0. The van der Waals surface area contributed by atoms with Crippen molar-refractivity contribution in [3.63, 3.8) is 0 Å². The number of morpholine rings is 1. The highest BCUT2D eigenvalue weighted by molar-refractivity contribution is 5.78. The molecule has 2 fully saturated rings. The highest BCUT2D eigenvalue weighted by Gasteiger charge is 2.27. The number of ether oxygens (including phenoxy) is 3. The van der Waals surface area contributed by atoms with Crippen LogP contribution in [0.15, 0.2) is 78.9 Å². The van der Waals surface area contributed by atoms with Gasteiger partial charge in [0.05, 0.1) is 38.5 Å². The number of anilines is 2. The first-order valence-corrected chi connectivity index (χ1v) is 17.7. The van der Waals surface area contributed by atoms with Crippen molar-refractivity contribution in [2.24, 2.45) is 5.92 Å². The zero-order valence-electron chi connectivity index (χ0n) is 29.2. The highest BCUT2D eigenvalue weighted by Crippen LogP contribution is 2.32. The average Bonchev–Trinajstić information content (AvgIpc) is 3.58. The number of rotatable bonds is 13. The predicted molar refractivity (Wildman–Crippen MR) is 194 cm³/mol. The second kappa shape index (κ2) is 16.0. The van der Waals surface area contributed by atoms with E-state index in [4.69, 9.17) is 24.2 Å². The fourth-order valence-corrected chi connectivity index (χ4v) is 7.20. The molecule has 0 radical (unpaired) electrons. The van der Waals surface area contributed by atoms with Gasteiger partial charge in [-0.1, -0.05) is 36.4 Å². The van der Waals surface area contributed by atoms with E-state index in [1.165, 1.54) is 15.7 Å². The molecule has 0 spiro atoms. The number of hydrogen-bond donors (Lipinski definition) is 1. The van der Waals surface area contributed by atoms with Gasteiger partial charge in [0.15, 0.2) is 5.82 Å². The zero-order chi connectivity index (χ0) is 35.2. The van der Waals surface area contributed by atoms with Gasteiger partial charge in [0, 0.05) is 44.8 Å². The van der Waals surface area contributed by atoms with Gasteiger partial charge in [0.25, 0.3) is 6.43 Å². The Bertz CT molecular complexity index is 1820. The van der Waals surface area contributed by atoms with E-state index in [0.717, 1.165) is 50.3 Å². The van der Waals surface area contributed by atoms with Gasteiger partial charge in [0.1, 0.15) is 23.1 Å². The number of nitrogens with one attached hydrogen (secondary N) is 1.